The number of aromatic nitrogens is 3. The summed E-state index contributed by atoms with van der Waals surface area (Å²) in [5, 5.41) is 3.37. The first-order valence-electron chi connectivity index (χ1n) is 7.02. The molecule has 0 radical (unpaired) electrons. The fourth-order valence-electron chi connectivity index (χ4n) is 1.78. The number of nitrogen functional groups attached to an aromatic ring is 1. The highest BCUT2D eigenvalue weighted by atomic mass is 15.3. The van der Waals surface area contributed by atoms with Gasteiger partial charge in [0, 0.05) is 18.6 Å². The Balaban J connectivity index is 3.03. The van der Waals surface area contributed by atoms with Crippen LogP contribution in [0.2, 0.25) is 0 Å². The van der Waals surface area contributed by atoms with Crippen LogP contribution in [0.3, 0.4) is 0 Å². The van der Waals surface area contributed by atoms with Crippen LogP contribution in [0.15, 0.2) is 0 Å². The molecule has 1 aromatic rings. The number of anilines is 3. The molecule has 0 saturated heterocycles. The van der Waals surface area contributed by atoms with Gasteiger partial charge in [0.25, 0.3) is 0 Å². The van der Waals surface area contributed by atoms with E-state index in [1.807, 2.05) is 0 Å². The van der Waals surface area contributed by atoms with Crippen LogP contribution in [-0.2, 0) is 0 Å². The van der Waals surface area contributed by atoms with Crippen molar-refractivity contribution in [3.8, 4) is 0 Å². The first kappa shape index (κ1) is 15.5. The molecule has 1 aromatic heterocycles. The quantitative estimate of drug-likeness (QED) is 0.788. The Labute approximate surface area is 115 Å². The summed E-state index contributed by atoms with van der Waals surface area (Å²) >= 11 is 0. The third kappa shape index (κ3) is 3.94. The van der Waals surface area contributed by atoms with Gasteiger partial charge in [-0.1, -0.05) is 13.8 Å². The largest absolute Gasteiger partial charge is 0.368 e. The second-order valence-electron chi connectivity index (χ2n) is 4.88. The number of hydrogen-bond donors (Lipinski definition) is 2. The van der Waals surface area contributed by atoms with Crippen LogP contribution >= 0.6 is 0 Å². The molecule has 1 rings (SSSR count). The van der Waals surface area contributed by atoms with Gasteiger partial charge in [0.1, 0.15) is 0 Å². The lowest BCUT2D eigenvalue weighted by Crippen LogP contribution is -2.34. The molecular formula is C13H26N6. The highest BCUT2D eigenvalue weighted by Gasteiger charge is 2.21. The third-order valence-electron chi connectivity index (χ3n) is 3.66. The number of nitrogens with two attached hydrogens (primary N) is 1. The molecule has 0 atom stereocenters. The number of hydrogen-bond acceptors (Lipinski definition) is 6. The van der Waals surface area contributed by atoms with Crippen molar-refractivity contribution in [2.45, 2.75) is 53.0 Å². The van der Waals surface area contributed by atoms with E-state index in [-0.39, 0.29) is 11.5 Å². The molecular weight excluding hydrogens is 240 g/mol. The van der Waals surface area contributed by atoms with Crippen LogP contribution in [0.5, 0.6) is 0 Å². The van der Waals surface area contributed by atoms with Crippen LogP contribution < -0.4 is 16.0 Å². The van der Waals surface area contributed by atoms with E-state index in [9.17, 15) is 0 Å². The van der Waals surface area contributed by atoms with Gasteiger partial charge in [-0.05, 0) is 33.6 Å². The Bertz CT molecular complexity index is 398. The lowest BCUT2D eigenvalue weighted by Gasteiger charge is -2.28. The summed E-state index contributed by atoms with van der Waals surface area (Å²) in [6.07, 6.45) is 1.99. The summed E-state index contributed by atoms with van der Waals surface area (Å²) in [5.74, 6) is 1.45. The summed E-state index contributed by atoms with van der Waals surface area (Å²) in [5.41, 5.74) is 5.76. The molecule has 0 spiro atoms. The molecule has 0 aliphatic heterocycles. The van der Waals surface area contributed by atoms with E-state index in [1.54, 1.807) is 0 Å². The molecule has 0 aliphatic carbocycles. The Kier molecular flexibility index (Phi) is 5.32. The van der Waals surface area contributed by atoms with E-state index >= 15 is 0 Å². The van der Waals surface area contributed by atoms with E-state index in [0.29, 0.717) is 11.9 Å². The van der Waals surface area contributed by atoms with Crippen molar-refractivity contribution in [1.82, 2.24) is 15.0 Å². The lowest BCUT2D eigenvalue weighted by molar-refractivity contribution is 0.474. The van der Waals surface area contributed by atoms with Crippen LogP contribution in [0.4, 0.5) is 17.8 Å². The number of rotatable bonds is 7. The van der Waals surface area contributed by atoms with Gasteiger partial charge in [0.05, 0.1) is 0 Å². The summed E-state index contributed by atoms with van der Waals surface area (Å²) in [6.45, 7) is 12.3. The topological polar surface area (TPSA) is 80.0 Å². The minimum absolute atomic E-state index is 0.0195. The first-order valence-corrected chi connectivity index (χ1v) is 7.02. The molecule has 108 valence electrons. The van der Waals surface area contributed by atoms with Crippen molar-refractivity contribution < 1.29 is 0 Å². The van der Waals surface area contributed by atoms with Crippen LogP contribution in [0.25, 0.3) is 0 Å². The van der Waals surface area contributed by atoms with E-state index in [0.717, 1.165) is 25.9 Å². The summed E-state index contributed by atoms with van der Waals surface area (Å²) in [4.78, 5) is 14.9. The molecule has 0 saturated carbocycles. The van der Waals surface area contributed by atoms with Crippen LogP contribution in [0.1, 0.15) is 47.5 Å². The third-order valence-corrected chi connectivity index (χ3v) is 3.66. The van der Waals surface area contributed by atoms with Crippen molar-refractivity contribution in [3.63, 3.8) is 0 Å². The first-order chi connectivity index (χ1) is 8.97. The molecule has 0 aliphatic rings. The van der Waals surface area contributed by atoms with Gasteiger partial charge >= 0.3 is 0 Å². The molecule has 0 fully saturated rings. The molecule has 0 amide bonds. The minimum atomic E-state index is -0.0195. The molecule has 3 N–H and O–H groups in total. The SMILES string of the molecule is CCN(CC)c1nc(N)nc(NC(C)(CC)CC)n1. The summed E-state index contributed by atoms with van der Waals surface area (Å²) in [7, 11) is 0. The highest BCUT2D eigenvalue weighted by molar-refractivity contribution is 5.42. The van der Waals surface area contributed by atoms with E-state index in [4.69, 9.17) is 5.73 Å². The standard InChI is InChI=1S/C13H26N6/c1-6-13(5,7-2)18-11-15-10(14)16-12(17-11)19(8-3)9-4/h6-9H2,1-5H3,(H3,14,15,16,17,18). The Morgan fingerprint density at radius 3 is 2.11 bits per heavy atom. The molecule has 6 nitrogen and oxygen atoms in total. The van der Waals surface area contributed by atoms with Gasteiger partial charge in [-0.25, -0.2) is 0 Å². The van der Waals surface area contributed by atoms with E-state index in [2.05, 4.69) is 59.8 Å². The molecule has 1 heterocycles. The Hall–Kier alpha value is -1.59. The second-order valence-corrected chi connectivity index (χ2v) is 4.88. The van der Waals surface area contributed by atoms with Crippen LogP contribution in [-0.4, -0.2) is 33.6 Å². The smallest absolute Gasteiger partial charge is 0.231 e. The summed E-state index contributed by atoms with van der Waals surface area (Å²) in [6, 6.07) is 0. The normalized spacial score (nSPS) is 11.4. The number of nitrogens with one attached hydrogen (secondary N) is 1. The minimum Gasteiger partial charge on any atom is -0.368 e. The fraction of sp³-hybridized carbons (Fsp3) is 0.769. The maximum Gasteiger partial charge on any atom is 0.231 e. The monoisotopic (exact) mass is 266 g/mol. The Morgan fingerprint density at radius 2 is 1.63 bits per heavy atom. The van der Waals surface area contributed by atoms with Crippen molar-refractivity contribution >= 4 is 17.8 Å². The zero-order valence-corrected chi connectivity index (χ0v) is 12.7. The summed E-state index contributed by atoms with van der Waals surface area (Å²) < 4.78 is 0. The molecule has 0 unspecified atom stereocenters. The van der Waals surface area contributed by atoms with Crippen molar-refractivity contribution in [1.29, 1.82) is 0 Å². The highest BCUT2D eigenvalue weighted by Crippen LogP contribution is 2.20. The van der Waals surface area contributed by atoms with Gasteiger partial charge in [-0.3, -0.25) is 0 Å². The second kappa shape index (κ2) is 6.54. The fourth-order valence-corrected chi connectivity index (χ4v) is 1.78. The van der Waals surface area contributed by atoms with Gasteiger partial charge < -0.3 is 16.0 Å². The lowest BCUT2D eigenvalue weighted by atomic mass is 9.96. The maximum atomic E-state index is 5.78. The van der Waals surface area contributed by atoms with E-state index < -0.39 is 0 Å². The molecule has 19 heavy (non-hydrogen) atoms. The van der Waals surface area contributed by atoms with Gasteiger partial charge in [0.2, 0.25) is 17.8 Å². The maximum absolute atomic E-state index is 5.78. The molecule has 0 aromatic carbocycles. The van der Waals surface area contributed by atoms with Crippen LogP contribution in [0, 0.1) is 0 Å². The zero-order chi connectivity index (χ0) is 14.5. The average molecular weight is 266 g/mol. The van der Waals surface area contributed by atoms with Crippen molar-refractivity contribution in [3.05, 3.63) is 0 Å². The predicted molar refractivity (Wildman–Crippen MR) is 80.4 cm³/mol. The zero-order valence-electron chi connectivity index (χ0n) is 12.7. The van der Waals surface area contributed by atoms with Gasteiger partial charge in [-0.2, -0.15) is 15.0 Å². The van der Waals surface area contributed by atoms with Crippen molar-refractivity contribution in [2.75, 3.05) is 29.0 Å². The molecule has 6 heteroatoms. The molecule has 0 bridgehead atoms. The Morgan fingerprint density at radius 1 is 1.05 bits per heavy atom. The van der Waals surface area contributed by atoms with Gasteiger partial charge in [-0.15, -0.1) is 0 Å². The predicted octanol–water partition coefficient (Wildman–Crippen LogP) is 2.29. The number of nitrogens with zero attached hydrogens (tertiary/aromatic N) is 4. The van der Waals surface area contributed by atoms with E-state index in [1.165, 1.54) is 0 Å². The van der Waals surface area contributed by atoms with Crippen molar-refractivity contribution in [2.24, 2.45) is 0 Å². The van der Waals surface area contributed by atoms with Gasteiger partial charge in [0.15, 0.2) is 0 Å². The average Bonchev–Trinajstić information content (AvgIpc) is 2.39.